The van der Waals surface area contributed by atoms with E-state index in [1.165, 1.54) is 19.2 Å². The van der Waals surface area contributed by atoms with Crippen LogP contribution in [0.3, 0.4) is 0 Å². The molecule has 2 aromatic rings. The predicted octanol–water partition coefficient (Wildman–Crippen LogP) is 3.95. The van der Waals surface area contributed by atoms with Gasteiger partial charge in [-0.15, -0.1) is 11.8 Å². The molecule has 2 nitrogen and oxygen atoms in total. The standard InChI is InChI=1S/C15H12F2O2S/c1-19-12-4-2-3-10(7-12)14(18)9-20-15-6-5-11(16)8-13(15)17/h2-8H,9H2,1H3. The van der Waals surface area contributed by atoms with E-state index in [1.54, 1.807) is 24.3 Å². The van der Waals surface area contributed by atoms with Gasteiger partial charge in [-0.25, -0.2) is 8.78 Å². The zero-order valence-corrected chi connectivity index (χ0v) is 11.5. The molecule has 0 unspecified atom stereocenters. The van der Waals surface area contributed by atoms with Gasteiger partial charge >= 0.3 is 0 Å². The summed E-state index contributed by atoms with van der Waals surface area (Å²) in [5.74, 6) is -0.763. The fourth-order valence-electron chi connectivity index (χ4n) is 1.62. The lowest BCUT2D eigenvalue weighted by Crippen LogP contribution is -2.03. The van der Waals surface area contributed by atoms with Crippen molar-refractivity contribution in [2.75, 3.05) is 12.9 Å². The van der Waals surface area contributed by atoms with E-state index in [9.17, 15) is 13.6 Å². The Labute approximate surface area is 119 Å². The van der Waals surface area contributed by atoms with Crippen LogP contribution in [0.2, 0.25) is 0 Å². The number of Topliss-reactive ketones (excluding diaryl/α,β-unsaturated/α-hetero) is 1. The van der Waals surface area contributed by atoms with Crippen molar-refractivity contribution in [2.24, 2.45) is 0 Å². The molecular weight excluding hydrogens is 282 g/mol. The third kappa shape index (κ3) is 3.57. The number of hydrogen-bond acceptors (Lipinski definition) is 3. The lowest BCUT2D eigenvalue weighted by Gasteiger charge is -2.05. The van der Waals surface area contributed by atoms with Gasteiger partial charge in [0.2, 0.25) is 0 Å². The number of carbonyl (C=O) groups is 1. The Hall–Kier alpha value is -1.88. The first-order valence-corrected chi connectivity index (χ1v) is 6.84. The smallest absolute Gasteiger partial charge is 0.173 e. The summed E-state index contributed by atoms with van der Waals surface area (Å²) in [5.41, 5.74) is 0.499. The van der Waals surface area contributed by atoms with Crippen molar-refractivity contribution in [2.45, 2.75) is 4.90 Å². The Kier molecular flexibility index (Phi) is 4.74. The van der Waals surface area contributed by atoms with E-state index in [0.29, 0.717) is 11.3 Å². The quantitative estimate of drug-likeness (QED) is 0.617. The first-order valence-electron chi connectivity index (χ1n) is 5.85. The molecule has 0 aliphatic carbocycles. The van der Waals surface area contributed by atoms with Crippen LogP contribution in [0.25, 0.3) is 0 Å². The van der Waals surface area contributed by atoms with Gasteiger partial charge in [-0.1, -0.05) is 12.1 Å². The maximum absolute atomic E-state index is 13.4. The molecule has 2 aromatic carbocycles. The molecule has 0 fully saturated rings. The second kappa shape index (κ2) is 6.52. The van der Waals surface area contributed by atoms with E-state index in [4.69, 9.17) is 4.74 Å². The molecular formula is C15H12F2O2S. The molecule has 20 heavy (non-hydrogen) atoms. The molecule has 0 aliphatic rings. The monoisotopic (exact) mass is 294 g/mol. The molecule has 5 heteroatoms. The highest BCUT2D eigenvalue weighted by molar-refractivity contribution is 8.00. The van der Waals surface area contributed by atoms with Crippen LogP contribution in [0, 0.1) is 11.6 Å². The first kappa shape index (κ1) is 14.5. The summed E-state index contributed by atoms with van der Waals surface area (Å²) < 4.78 is 31.2. The minimum atomic E-state index is -0.659. The second-order valence-corrected chi connectivity index (χ2v) is 5.04. The average molecular weight is 294 g/mol. The van der Waals surface area contributed by atoms with Crippen molar-refractivity contribution < 1.29 is 18.3 Å². The van der Waals surface area contributed by atoms with Crippen LogP contribution in [0.4, 0.5) is 8.78 Å². The Morgan fingerprint density at radius 3 is 2.70 bits per heavy atom. The first-order chi connectivity index (χ1) is 9.60. The summed E-state index contributed by atoms with van der Waals surface area (Å²) >= 11 is 1.04. The lowest BCUT2D eigenvalue weighted by molar-refractivity contribution is 0.102. The van der Waals surface area contributed by atoms with Crippen molar-refractivity contribution >= 4 is 17.5 Å². The molecule has 104 valence electrons. The summed E-state index contributed by atoms with van der Waals surface area (Å²) in [6.07, 6.45) is 0. The summed E-state index contributed by atoms with van der Waals surface area (Å²) in [5, 5.41) is 0. The topological polar surface area (TPSA) is 26.3 Å². The number of thioether (sulfide) groups is 1. The van der Waals surface area contributed by atoms with Crippen molar-refractivity contribution in [1.29, 1.82) is 0 Å². The maximum Gasteiger partial charge on any atom is 0.173 e. The highest BCUT2D eigenvalue weighted by atomic mass is 32.2. The SMILES string of the molecule is COc1cccc(C(=O)CSc2ccc(F)cc2F)c1. The number of ether oxygens (including phenoxy) is 1. The number of hydrogen-bond donors (Lipinski definition) is 0. The molecule has 0 radical (unpaired) electrons. The Morgan fingerprint density at radius 2 is 2.00 bits per heavy atom. The Bertz CT molecular complexity index is 629. The lowest BCUT2D eigenvalue weighted by atomic mass is 10.1. The van der Waals surface area contributed by atoms with Crippen molar-refractivity contribution in [1.82, 2.24) is 0 Å². The van der Waals surface area contributed by atoms with Gasteiger partial charge in [0.05, 0.1) is 12.9 Å². The maximum atomic E-state index is 13.4. The van der Waals surface area contributed by atoms with Gasteiger partial charge in [0.1, 0.15) is 17.4 Å². The summed E-state index contributed by atoms with van der Waals surface area (Å²) in [6, 6.07) is 10.1. The summed E-state index contributed by atoms with van der Waals surface area (Å²) in [4.78, 5) is 12.2. The number of carbonyl (C=O) groups excluding carboxylic acids is 1. The van der Waals surface area contributed by atoms with Gasteiger partial charge in [0, 0.05) is 16.5 Å². The number of benzene rings is 2. The number of ketones is 1. The zero-order chi connectivity index (χ0) is 14.5. The fraction of sp³-hybridized carbons (Fsp3) is 0.133. The normalized spacial score (nSPS) is 10.3. The van der Waals surface area contributed by atoms with E-state index < -0.39 is 11.6 Å². The Balaban J connectivity index is 2.04. The number of methoxy groups -OCH3 is 1. The molecule has 0 aliphatic heterocycles. The van der Waals surface area contributed by atoms with E-state index in [0.717, 1.165) is 17.8 Å². The van der Waals surface area contributed by atoms with Crippen LogP contribution in [0.15, 0.2) is 47.4 Å². The Morgan fingerprint density at radius 1 is 1.20 bits per heavy atom. The van der Waals surface area contributed by atoms with E-state index >= 15 is 0 Å². The van der Waals surface area contributed by atoms with Gasteiger partial charge in [-0.2, -0.15) is 0 Å². The molecule has 0 spiro atoms. The zero-order valence-electron chi connectivity index (χ0n) is 10.7. The van der Waals surface area contributed by atoms with Crippen molar-refractivity contribution in [3.8, 4) is 5.75 Å². The number of rotatable bonds is 5. The van der Waals surface area contributed by atoms with Crippen LogP contribution in [-0.2, 0) is 0 Å². The van der Waals surface area contributed by atoms with Crippen molar-refractivity contribution in [3.05, 3.63) is 59.7 Å². The minimum Gasteiger partial charge on any atom is -0.497 e. The van der Waals surface area contributed by atoms with Gasteiger partial charge in [0.25, 0.3) is 0 Å². The average Bonchev–Trinajstić information content (AvgIpc) is 2.46. The highest BCUT2D eigenvalue weighted by Gasteiger charge is 2.10. The fourth-order valence-corrected chi connectivity index (χ4v) is 2.43. The number of halogens is 2. The van der Waals surface area contributed by atoms with Gasteiger partial charge in [-0.3, -0.25) is 4.79 Å². The summed E-state index contributed by atoms with van der Waals surface area (Å²) in [7, 11) is 1.52. The predicted molar refractivity (Wildman–Crippen MR) is 74.4 cm³/mol. The molecule has 0 saturated carbocycles. The van der Waals surface area contributed by atoms with Crippen LogP contribution in [0.5, 0.6) is 5.75 Å². The third-order valence-corrected chi connectivity index (χ3v) is 3.69. The molecule has 0 amide bonds. The second-order valence-electron chi connectivity index (χ2n) is 4.02. The van der Waals surface area contributed by atoms with E-state index in [2.05, 4.69) is 0 Å². The van der Waals surface area contributed by atoms with Crippen LogP contribution < -0.4 is 4.74 Å². The van der Waals surface area contributed by atoms with Gasteiger partial charge < -0.3 is 4.74 Å². The molecule has 0 aromatic heterocycles. The van der Waals surface area contributed by atoms with Gasteiger partial charge in [-0.05, 0) is 24.3 Å². The van der Waals surface area contributed by atoms with Crippen LogP contribution in [-0.4, -0.2) is 18.6 Å². The van der Waals surface area contributed by atoms with E-state index in [1.807, 2.05) is 0 Å². The van der Waals surface area contributed by atoms with Crippen molar-refractivity contribution in [3.63, 3.8) is 0 Å². The molecule has 0 atom stereocenters. The summed E-state index contributed by atoms with van der Waals surface area (Å²) in [6.45, 7) is 0. The van der Waals surface area contributed by atoms with Gasteiger partial charge in [0.15, 0.2) is 5.78 Å². The largest absolute Gasteiger partial charge is 0.497 e. The van der Waals surface area contributed by atoms with Crippen LogP contribution in [0.1, 0.15) is 10.4 Å². The third-order valence-electron chi connectivity index (χ3n) is 2.64. The van der Waals surface area contributed by atoms with E-state index in [-0.39, 0.29) is 16.4 Å². The molecule has 2 rings (SSSR count). The minimum absolute atomic E-state index is 0.0791. The highest BCUT2D eigenvalue weighted by Crippen LogP contribution is 2.24. The molecule has 0 heterocycles. The molecule has 0 N–H and O–H groups in total. The molecule has 0 bridgehead atoms. The van der Waals surface area contributed by atoms with Crippen LogP contribution >= 0.6 is 11.8 Å². The molecule has 0 saturated heterocycles.